The fourth-order valence-corrected chi connectivity index (χ4v) is 2.23. The van der Waals surface area contributed by atoms with E-state index in [1.54, 1.807) is 6.07 Å². The second kappa shape index (κ2) is 3.77. The van der Waals surface area contributed by atoms with Crippen molar-refractivity contribution >= 4 is 5.97 Å². The Hall–Kier alpha value is -1.49. The third-order valence-electron chi connectivity index (χ3n) is 3.31. The maximum Gasteiger partial charge on any atom is 0.316 e. The number of carboxylic acid groups (broad SMARTS) is 1. The van der Waals surface area contributed by atoms with E-state index in [1.807, 2.05) is 0 Å². The fourth-order valence-electron chi connectivity index (χ4n) is 2.23. The van der Waals surface area contributed by atoms with Crippen molar-refractivity contribution in [1.82, 2.24) is 0 Å². The van der Waals surface area contributed by atoms with Gasteiger partial charge in [0.25, 0.3) is 5.92 Å². The lowest BCUT2D eigenvalue weighted by Gasteiger charge is -2.46. The summed E-state index contributed by atoms with van der Waals surface area (Å²) in [6.45, 7) is 0. The van der Waals surface area contributed by atoms with Crippen molar-refractivity contribution in [3.05, 3.63) is 35.9 Å². The fraction of sp³-hybridized carbons (Fsp3) is 0.417. The highest BCUT2D eigenvalue weighted by atomic mass is 19.3. The van der Waals surface area contributed by atoms with Gasteiger partial charge in [-0.3, -0.25) is 4.79 Å². The number of carbonyl (C=O) groups is 1. The Morgan fingerprint density at radius 1 is 1.29 bits per heavy atom. The molecule has 0 unspecified atom stereocenters. The summed E-state index contributed by atoms with van der Waals surface area (Å²) < 4.78 is 28.4. The van der Waals surface area contributed by atoms with E-state index in [9.17, 15) is 13.6 Å². The van der Waals surface area contributed by atoms with Crippen molar-refractivity contribution in [2.75, 3.05) is 0 Å². The summed E-state index contributed by atoms with van der Waals surface area (Å²) in [6.07, 6.45) is -1.78. The maximum absolute atomic E-state index is 14.2. The number of aliphatic carboxylic acids is 1. The van der Waals surface area contributed by atoms with Crippen LogP contribution in [-0.2, 0) is 10.7 Å². The Morgan fingerprint density at radius 2 is 1.82 bits per heavy atom. The molecule has 1 saturated carbocycles. The van der Waals surface area contributed by atoms with Gasteiger partial charge in [-0.1, -0.05) is 30.3 Å². The average Bonchev–Trinajstić information content (AvgIpc) is 2.25. The van der Waals surface area contributed by atoms with Crippen LogP contribution in [0.2, 0.25) is 0 Å². The minimum absolute atomic E-state index is 0.325. The standard InChI is InChI=1S/C12H12F2O3/c13-12(14,8-4-2-1-3-5-8)11(10(16)17)6-9(15)7-11/h1-5,9,15H,6-7H2,(H,16,17). The number of alkyl halides is 2. The van der Waals surface area contributed by atoms with E-state index < -0.39 is 36.3 Å². The summed E-state index contributed by atoms with van der Waals surface area (Å²) in [6, 6.07) is 6.87. The molecule has 0 saturated heterocycles. The lowest BCUT2D eigenvalue weighted by atomic mass is 9.61. The molecule has 5 heteroatoms. The summed E-state index contributed by atoms with van der Waals surface area (Å²) >= 11 is 0. The first kappa shape index (κ1) is 12.0. The van der Waals surface area contributed by atoms with Crippen molar-refractivity contribution in [3.8, 4) is 0 Å². The molecule has 1 aliphatic rings. The lowest BCUT2D eigenvalue weighted by Crippen LogP contribution is -2.56. The van der Waals surface area contributed by atoms with Crippen molar-refractivity contribution in [1.29, 1.82) is 0 Å². The van der Waals surface area contributed by atoms with Crippen LogP contribution in [0.5, 0.6) is 0 Å². The first-order valence-electron chi connectivity index (χ1n) is 5.25. The molecule has 92 valence electrons. The van der Waals surface area contributed by atoms with Gasteiger partial charge in [-0.05, 0) is 12.8 Å². The Balaban J connectivity index is 2.40. The van der Waals surface area contributed by atoms with Gasteiger partial charge in [-0.2, -0.15) is 0 Å². The van der Waals surface area contributed by atoms with Crippen molar-refractivity contribution in [2.24, 2.45) is 5.41 Å². The number of hydrogen-bond donors (Lipinski definition) is 2. The van der Waals surface area contributed by atoms with E-state index in [1.165, 1.54) is 24.3 Å². The molecule has 1 aromatic carbocycles. The van der Waals surface area contributed by atoms with Crippen LogP contribution in [0.15, 0.2) is 30.3 Å². The van der Waals surface area contributed by atoms with E-state index in [0.717, 1.165) is 0 Å². The predicted molar refractivity (Wildman–Crippen MR) is 55.6 cm³/mol. The number of hydrogen-bond acceptors (Lipinski definition) is 2. The smallest absolute Gasteiger partial charge is 0.316 e. The quantitative estimate of drug-likeness (QED) is 0.852. The van der Waals surface area contributed by atoms with Gasteiger partial charge in [0.15, 0.2) is 0 Å². The summed E-state index contributed by atoms with van der Waals surface area (Å²) in [5, 5.41) is 18.2. The van der Waals surface area contributed by atoms with Gasteiger partial charge in [-0.25, -0.2) is 8.78 Å². The highest BCUT2D eigenvalue weighted by molar-refractivity contribution is 5.78. The molecule has 0 amide bonds. The highest BCUT2D eigenvalue weighted by Gasteiger charge is 2.66. The molecule has 1 fully saturated rings. The molecule has 0 bridgehead atoms. The third-order valence-corrected chi connectivity index (χ3v) is 3.31. The number of benzene rings is 1. The molecule has 2 N–H and O–H groups in total. The van der Waals surface area contributed by atoms with E-state index in [-0.39, 0.29) is 5.56 Å². The first-order valence-corrected chi connectivity index (χ1v) is 5.25. The van der Waals surface area contributed by atoms with Crippen LogP contribution >= 0.6 is 0 Å². The molecule has 17 heavy (non-hydrogen) atoms. The number of halogens is 2. The monoisotopic (exact) mass is 242 g/mol. The molecule has 0 atom stereocenters. The van der Waals surface area contributed by atoms with Crippen LogP contribution in [0.25, 0.3) is 0 Å². The Kier molecular flexibility index (Phi) is 2.66. The molecule has 0 spiro atoms. The Labute approximate surface area is 96.7 Å². The Morgan fingerprint density at radius 3 is 2.24 bits per heavy atom. The van der Waals surface area contributed by atoms with Crippen LogP contribution in [-0.4, -0.2) is 22.3 Å². The zero-order valence-corrected chi connectivity index (χ0v) is 8.94. The SMILES string of the molecule is O=C(O)C1(C(F)(F)c2ccccc2)CC(O)C1. The summed E-state index contributed by atoms with van der Waals surface area (Å²) in [5.74, 6) is -5.03. The molecule has 3 nitrogen and oxygen atoms in total. The van der Waals surface area contributed by atoms with E-state index in [0.29, 0.717) is 0 Å². The van der Waals surface area contributed by atoms with E-state index in [4.69, 9.17) is 10.2 Å². The predicted octanol–water partition coefficient (Wildman–Crippen LogP) is 2.00. The minimum Gasteiger partial charge on any atom is -0.481 e. The second-order valence-electron chi connectivity index (χ2n) is 4.39. The molecule has 0 heterocycles. The van der Waals surface area contributed by atoms with Crippen LogP contribution in [0.3, 0.4) is 0 Å². The number of carboxylic acids is 1. The maximum atomic E-state index is 14.2. The van der Waals surface area contributed by atoms with Gasteiger partial charge in [0, 0.05) is 5.56 Å². The largest absolute Gasteiger partial charge is 0.481 e. The summed E-state index contributed by atoms with van der Waals surface area (Å²) in [7, 11) is 0. The Bertz CT molecular complexity index is 425. The van der Waals surface area contributed by atoms with Crippen LogP contribution < -0.4 is 0 Å². The van der Waals surface area contributed by atoms with Crippen molar-refractivity contribution < 1.29 is 23.8 Å². The molecule has 0 radical (unpaired) electrons. The second-order valence-corrected chi connectivity index (χ2v) is 4.39. The zero-order chi connectivity index (χ0) is 12.7. The molecule has 1 aliphatic carbocycles. The lowest BCUT2D eigenvalue weighted by molar-refractivity contribution is -0.221. The normalized spacial score (nSPS) is 28.5. The summed E-state index contributed by atoms with van der Waals surface area (Å²) in [5.41, 5.74) is -2.50. The van der Waals surface area contributed by atoms with Crippen molar-refractivity contribution in [3.63, 3.8) is 0 Å². The van der Waals surface area contributed by atoms with Gasteiger partial charge in [0.05, 0.1) is 6.10 Å². The first-order chi connectivity index (χ1) is 7.90. The average molecular weight is 242 g/mol. The van der Waals surface area contributed by atoms with Gasteiger partial charge < -0.3 is 10.2 Å². The molecular weight excluding hydrogens is 230 g/mol. The highest BCUT2D eigenvalue weighted by Crippen LogP contribution is 2.57. The zero-order valence-electron chi connectivity index (χ0n) is 8.94. The van der Waals surface area contributed by atoms with Crippen LogP contribution in [0, 0.1) is 5.41 Å². The van der Waals surface area contributed by atoms with E-state index in [2.05, 4.69) is 0 Å². The van der Waals surface area contributed by atoms with E-state index >= 15 is 0 Å². The molecular formula is C12H12F2O3. The van der Waals surface area contributed by atoms with Gasteiger partial charge >= 0.3 is 5.97 Å². The van der Waals surface area contributed by atoms with Crippen LogP contribution in [0.1, 0.15) is 18.4 Å². The van der Waals surface area contributed by atoms with Crippen LogP contribution in [0.4, 0.5) is 8.78 Å². The number of aliphatic hydroxyl groups excluding tert-OH is 1. The molecule has 0 aromatic heterocycles. The summed E-state index contributed by atoms with van der Waals surface area (Å²) in [4.78, 5) is 11.1. The topological polar surface area (TPSA) is 57.5 Å². The number of aliphatic hydroxyl groups is 1. The van der Waals surface area contributed by atoms with Gasteiger partial charge in [0.1, 0.15) is 5.41 Å². The molecule has 2 rings (SSSR count). The van der Waals surface area contributed by atoms with Gasteiger partial charge in [0.2, 0.25) is 0 Å². The minimum atomic E-state index is -3.47. The number of rotatable bonds is 3. The van der Waals surface area contributed by atoms with Gasteiger partial charge in [-0.15, -0.1) is 0 Å². The third kappa shape index (κ3) is 1.61. The molecule has 1 aromatic rings. The molecule has 0 aliphatic heterocycles. The van der Waals surface area contributed by atoms with Crippen molar-refractivity contribution in [2.45, 2.75) is 24.9 Å².